The normalized spacial score (nSPS) is 11.2. The molecule has 0 unspecified atom stereocenters. The number of nitrogens with one attached hydrogen (secondary N) is 1. The summed E-state index contributed by atoms with van der Waals surface area (Å²) in [5, 5.41) is 11.5. The Hall–Kier alpha value is -3.07. The summed E-state index contributed by atoms with van der Waals surface area (Å²) in [7, 11) is 1.65. The van der Waals surface area contributed by atoms with E-state index in [2.05, 4.69) is 16.4 Å². The predicted octanol–water partition coefficient (Wildman–Crippen LogP) is 3.95. The number of hydrogen-bond acceptors (Lipinski definition) is 4. The lowest BCUT2D eigenvalue weighted by Crippen LogP contribution is -2.38. The Bertz CT molecular complexity index is 755. The van der Waals surface area contributed by atoms with Gasteiger partial charge < -0.3 is 15.0 Å². The fourth-order valence-electron chi connectivity index (χ4n) is 2.01. The second-order valence-electron chi connectivity index (χ2n) is 5.48. The van der Waals surface area contributed by atoms with Crippen molar-refractivity contribution in [1.29, 1.82) is 5.26 Å². The van der Waals surface area contributed by atoms with Gasteiger partial charge in [-0.3, -0.25) is 0 Å². The Kier molecular flexibility index (Phi) is 5.74. The molecule has 24 heavy (non-hydrogen) atoms. The van der Waals surface area contributed by atoms with Gasteiger partial charge in [-0.25, -0.2) is 9.78 Å². The molecule has 0 radical (unpaired) electrons. The summed E-state index contributed by atoms with van der Waals surface area (Å²) in [6.07, 6.45) is 1.87. The molecule has 0 aliphatic heterocycles. The van der Waals surface area contributed by atoms with Crippen LogP contribution in [0.4, 0.5) is 10.5 Å². The maximum absolute atomic E-state index is 12.3. The molecule has 2 amide bonds. The van der Waals surface area contributed by atoms with E-state index in [9.17, 15) is 4.79 Å². The Morgan fingerprint density at radius 3 is 2.83 bits per heavy atom. The summed E-state index contributed by atoms with van der Waals surface area (Å²) in [4.78, 5) is 18.0. The number of aryl methyl sites for hydroxylation is 1. The van der Waals surface area contributed by atoms with Crippen LogP contribution in [0, 0.1) is 18.3 Å². The number of carbonyl (C=O) groups is 1. The molecule has 2 aromatic rings. The van der Waals surface area contributed by atoms with Crippen molar-refractivity contribution in [2.45, 2.75) is 26.3 Å². The van der Waals surface area contributed by atoms with E-state index in [4.69, 9.17) is 10.00 Å². The molecule has 124 valence electrons. The average molecular weight is 324 g/mol. The molecule has 0 aliphatic rings. The summed E-state index contributed by atoms with van der Waals surface area (Å²) < 4.78 is 5.83. The number of carbonyl (C=O) groups excluding carboxylic acids is 1. The third kappa shape index (κ3) is 4.23. The SMILES string of the molecule is Cc1ccccc1Oc1ncccc1NC(=O)N(C)[C@@H](C)CC#N. The van der Waals surface area contributed by atoms with Crippen LogP contribution < -0.4 is 10.1 Å². The van der Waals surface area contributed by atoms with E-state index in [-0.39, 0.29) is 18.5 Å². The molecule has 1 heterocycles. The first-order valence-corrected chi connectivity index (χ1v) is 7.62. The number of nitriles is 1. The van der Waals surface area contributed by atoms with Gasteiger partial charge in [-0.1, -0.05) is 18.2 Å². The molecule has 0 bridgehead atoms. The van der Waals surface area contributed by atoms with Crippen LogP contribution in [0.2, 0.25) is 0 Å². The lowest BCUT2D eigenvalue weighted by atomic mass is 10.2. The number of aromatic nitrogens is 1. The van der Waals surface area contributed by atoms with Gasteiger partial charge >= 0.3 is 6.03 Å². The van der Waals surface area contributed by atoms with Gasteiger partial charge in [0.05, 0.1) is 12.5 Å². The second kappa shape index (κ2) is 7.97. The highest BCUT2D eigenvalue weighted by atomic mass is 16.5. The summed E-state index contributed by atoms with van der Waals surface area (Å²) >= 11 is 0. The van der Waals surface area contributed by atoms with Gasteiger partial charge in [-0.2, -0.15) is 5.26 Å². The van der Waals surface area contributed by atoms with E-state index in [0.29, 0.717) is 17.3 Å². The number of ether oxygens (including phenoxy) is 1. The van der Waals surface area contributed by atoms with Gasteiger partial charge in [0.2, 0.25) is 5.88 Å². The van der Waals surface area contributed by atoms with Crippen molar-refractivity contribution in [2.75, 3.05) is 12.4 Å². The smallest absolute Gasteiger partial charge is 0.322 e. The van der Waals surface area contributed by atoms with Crippen LogP contribution in [0.15, 0.2) is 42.6 Å². The minimum absolute atomic E-state index is 0.188. The molecule has 0 saturated heterocycles. The molecule has 0 spiro atoms. The predicted molar refractivity (Wildman–Crippen MR) is 92.0 cm³/mol. The highest BCUT2D eigenvalue weighted by Crippen LogP contribution is 2.29. The zero-order chi connectivity index (χ0) is 17.5. The first kappa shape index (κ1) is 17.3. The molecule has 1 N–H and O–H groups in total. The Morgan fingerprint density at radius 1 is 1.38 bits per heavy atom. The third-order valence-corrected chi connectivity index (χ3v) is 3.68. The van der Waals surface area contributed by atoms with E-state index in [0.717, 1.165) is 5.56 Å². The minimum Gasteiger partial charge on any atom is -0.437 e. The molecule has 1 aromatic heterocycles. The Labute approximate surface area is 141 Å². The molecule has 0 saturated carbocycles. The van der Waals surface area contributed by atoms with Gasteiger partial charge in [-0.05, 0) is 37.6 Å². The van der Waals surface area contributed by atoms with Crippen LogP contribution in [-0.2, 0) is 0 Å². The standard InChI is InChI=1S/C18H20N4O2/c1-13-7-4-5-9-16(13)24-17-15(8-6-12-20-17)21-18(23)22(3)14(2)10-11-19/h4-9,12,14H,10H2,1-3H3,(H,21,23)/t14-/m0/s1. The van der Waals surface area contributed by atoms with Crippen molar-refractivity contribution in [1.82, 2.24) is 9.88 Å². The number of benzene rings is 1. The Morgan fingerprint density at radius 2 is 2.12 bits per heavy atom. The highest BCUT2D eigenvalue weighted by Gasteiger charge is 2.17. The van der Waals surface area contributed by atoms with Gasteiger partial charge in [0.15, 0.2) is 0 Å². The molecule has 2 rings (SSSR count). The number of nitrogens with zero attached hydrogens (tertiary/aromatic N) is 3. The number of hydrogen-bond donors (Lipinski definition) is 1. The fourth-order valence-corrected chi connectivity index (χ4v) is 2.01. The quantitative estimate of drug-likeness (QED) is 0.903. The van der Waals surface area contributed by atoms with Gasteiger partial charge in [0, 0.05) is 19.3 Å². The van der Waals surface area contributed by atoms with Crippen molar-refractivity contribution in [3.05, 3.63) is 48.2 Å². The molecule has 0 fully saturated rings. The summed E-state index contributed by atoms with van der Waals surface area (Å²) in [6.45, 7) is 3.75. The van der Waals surface area contributed by atoms with Crippen LogP contribution in [0.3, 0.4) is 0 Å². The molecular formula is C18H20N4O2. The van der Waals surface area contributed by atoms with Crippen LogP contribution in [-0.4, -0.2) is 29.0 Å². The third-order valence-electron chi connectivity index (χ3n) is 3.68. The largest absolute Gasteiger partial charge is 0.437 e. The molecule has 6 heteroatoms. The monoisotopic (exact) mass is 324 g/mol. The molecule has 1 aromatic carbocycles. The van der Waals surface area contributed by atoms with Gasteiger partial charge in [0.1, 0.15) is 11.4 Å². The topological polar surface area (TPSA) is 78.2 Å². The van der Waals surface area contributed by atoms with Crippen LogP contribution in [0.5, 0.6) is 11.6 Å². The molecule has 1 atom stereocenters. The lowest BCUT2D eigenvalue weighted by molar-refractivity contribution is 0.208. The summed E-state index contributed by atoms with van der Waals surface area (Å²) in [5.41, 5.74) is 1.45. The van der Waals surface area contributed by atoms with E-state index in [1.807, 2.05) is 38.1 Å². The van der Waals surface area contributed by atoms with Crippen molar-refractivity contribution in [2.24, 2.45) is 0 Å². The van der Waals surface area contributed by atoms with Crippen LogP contribution in [0.25, 0.3) is 0 Å². The van der Waals surface area contributed by atoms with Crippen LogP contribution in [0.1, 0.15) is 18.9 Å². The van der Waals surface area contributed by atoms with E-state index < -0.39 is 0 Å². The summed E-state index contributed by atoms with van der Waals surface area (Å²) in [6, 6.07) is 12.6. The maximum Gasteiger partial charge on any atom is 0.322 e. The lowest BCUT2D eigenvalue weighted by Gasteiger charge is -2.23. The first-order valence-electron chi connectivity index (χ1n) is 7.62. The van der Waals surface area contributed by atoms with Gasteiger partial charge in [-0.15, -0.1) is 0 Å². The molecule has 6 nitrogen and oxygen atoms in total. The van der Waals surface area contributed by atoms with E-state index >= 15 is 0 Å². The number of amides is 2. The Balaban J connectivity index is 2.16. The molecule has 0 aliphatic carbocycles. The fraction of sp³-hybridized carbons (Fsp3) is 0.278. The average Bonchev–Trinajstić information content (AvgIpc) is 2.58. The van der Waals surface area contributed by atoms with E-state index in [1.54, 1.807) is 25.4 Å². The van der Waals surface area contributed by atoms with Crippen molar-refractivity contribution >= 4 is 11.7 Å². The first-order chi connectivity index (χ1) is 11.5. The van der Waals surface area contributed by atoms with E-state index in [1.165, 1.54) is 4.90 Å². The maximum atomic E-state index is 12.3. The van der Waals surface area contributed by atoms with Crippen molar-refractivity contribution < 1.29 is 9.53 Å². The number of para-hydroxylation sites is 1. The number of rotatable bonds is 5. The summed E-state index contributed by atoms with van der Waals surface area (Å²) in [5.74, 6) is 0.999. The number of pyridine rings is 1. The minimum atomic E-state index is -0.319. The number of anilines is 1. The highest BCUT2D eigenvalue weighted by molar-refractivity contribution is 5.90. The van der Waals surface area contributed by atoms with Crippen LogP contribution >= 0.6 is 0 Å². The van der Waals surface area contributed by atoms with Crippen molar-refractivity contribution in [3.63, 3.8) is 0 Å². The zero-order valence-electron chi connectivity index (χ0n) is 14.0. The molecular weight excluding hydrogens is 304 g/mol. The second-order valence-corrected chi connectivity index (χ2v) is 5.48. The van der Waals surface area contributed by atoms with Gasteiger partial charge in [0.25, 0.3) is 0 Å². The van der Waals surface area contributed by atoms with Crippen molar-refractivity contribution in [3.8, 4) is 17.7 Å². The number of urea groups is 1. The zero-order valence-corrected chi connectivity index (χ0v) is 14.0.